The molecular formula is C14H15NO. The molecule has 1 aromatic heterocycles. The number of nitrogens with two attached hydrogens (primary N) is 1. The fourth-order valence-corrected chi connectivity index (χ4v) is 1.65. The molecule has 1 aromatic carbocycles. The molecule has 0 atom stereocenters. The van der Waals surface area contributed by atoms with Gasteiger partial charge in [-0.25, -0.2) is 0 Å². The van der Waals surface area contributed by atoms with Gasteiger partial charge >= 0.3 is 0 Å². The summed E-state index contributed by atoms with van der Waals surface area (Å²) in [6.07, 6.45) is 4.57. The molecule has 16 heavy (non-hydrogen) atoms. The average Bonchev–Trinajstić information content (AvgIpc) is 2.83. The first kappa shape index (κ1) is 10.7. The van der Waals surface area contributed by atoms with Gasteiger partial charge in [-0.3, -0.25) is 0 Å². The lowest BCUT2D eigenvalue weighted by atomic mass is 10.0. The van der Waals surface area contributed by atoms with Crippen LogP contribution in [-0.4, -0.2) is 6.54 Å². The zero-order valence-electron chi connectivity index (χ0n) is 9.10. The molecule has 0 amide bonds. The Hall–Kier alpha value is -1.80. The summed E-state index contributed by atoms with van der Waals surface area (Å²) in [7, 11) is 0. The summed E-state index contributed by atoms with van der Waals surface area (Å²) in [6.45, 7) is 0.640. The maximum absolute atomic E-state index is 5.62. The zero-order chi connectivity index (χ0) is 11.2. The van der Waals surface area contributed by atoms with Crippen molar-refractivity contribution in [1.29, 1.82) is 0 Å². The van der Waals surface area contributed by atoms with Crippen molar-refractivity contribution in [3.8, 4) is 0 Å². The van der Waals surface area contributed by atoms with Crippen LogP contribution in [0.25, 0.3) is 11.6 Å². The van der Waals surface area contributed by atoms with Crippen LogP contribution < -0.4 is 5.73 Å². The molecule has 2 heteroatoms. The summed E-state index contributed by atoms with van der Waals surface area (Å²) in [5, 5.41) is 0. The van der Waals surface area contributed by atoms with Crippen molar-refractivity contribution in [1.82, 2.24) is 0 Å². The first-order valence-electron chi connectivity index (χ1n) is 5.40. The van der Waals surface area contributed by atoms with Crippen LogP contribution in [0.3, 0.4) is 0 Å². The minimum absolute atomic E-state index is 0.640. The summed E-state index contributed by atoms with van der Waals surface area (Å²) < 4.78 is 5.31. The van der Waals surface area contributed by atoms with Gasteiger partial charge in [-0.05, 0) is 42.3 Å². The summed E-state index contributed by atoms with van der Waals surface area (Å²) in [5.41, 5.74) is 8.03. The van der Waals surface area contributed by atoms with Gasteiger partial charge in [0.1, 0.15) is 5.76 Å². The van der Waals surface area contributed by atoms with E-state index in [-0.39, 0.29) is 0 Å². The van der Waals surface area contributed by atoms with Crippen molar-refractivity contribution in [3.05, 3.63) is 60.1 Å². The molecule has 0 bridgehead atoms. The van der Waals surface area contributed by atoms with Gasteiger partial charge in [0.25, 0.3) is 0 Å². The number of benzene rings is 1. The third kappa shape index (κ3) is 2.61. The van der Waals surface area contributed by atoms with Gasteiger partial charge in [0.05, 0.1) is 6.26 Å². The molecule has 0 aliphatic heterocycles. The van der Waals surface area contributed by atoms with E-state index in [4.69, 9.17) is 10.2 Å². The highest BCUT2D eigenvalue weighted by Crippen LogP contribution is 2.20. The quantitative estimate of drug-likeness (QED) is 0.847. The molecule has 1 heterocycles. The molecule has 0 aliphatic rings. The number of rotatable bonds is 4. The minimum Gasteiger partial charge on any atom is -0.465 e. The largest absolute Gasteiger partial charge is 0.465 e. The molecule has 0 radical (unpaired) electrons. The first-order chi connectivity index (χ1) is 7.90. The third-order valence-corrected chi connectivity index (χ3v) is 2.42. The summed E-state index contributed by atoms with van der Waals surface area (Å²) in [6, 6.07) is 14.1. The highest BCUT2D eigenvalue weighted by atomic mass is 16.3. The lowest BCUT2D eigenvalue weighted by Crippen LogP contribution is -1.99. The van der Waals surface area contributed by atoms with E-state index in [0.29, 0.717) is 6.54 Å². The molecule has 0 saturated heterocycles. The van der Waals surface area contributed by atoms with Gasteiger partial charge in [-0.15, -0.1) is 0 Å². The van der Waals surface area contributed by atoms with E-state index in [9.17, 15) is 0 Å². The van der Waals surface area contributed by atoms with Gasteiger partial charge < -0.3 is 10.2 Å². The van der Waals surface area contributed by atoms with Crippen LogP contribution in [0.5, 0.6) is 0 Å². The maximum Gasteiger partial charge on any atom is 0.126 e. The molecule has 82 valence electrons. The van der Waals surface area contributed by atoms with E-state index in [0.717, 1.165) is 12.2 Å². The molecule has 0 aliphatic carbocycles. The van der Waals surface area contributed by atoms with Gasteiger partial charge in [-0.2, -0.15) is 0 Å². The maximum atomic E-state index is 5.62. The number of furan rings is 1. The molecule has 0 saturated carbocycles. The van der Waals surface area contributed by atoms with Crippen molar-refractivity contribution in [2.45, 2.75) is 6.42 Å². The molecule has 2 rings (SSSR count). The second-order valence-electron chi connectivity index (χ2n) is 3.59. The minimum atomic E-state index is 0.640. The Morgan fingerprint density at radius 2 is 1.94 bits per heavy atom. The van der Waals surface area contributed by atoms with E-state index in [1.807, 2.05) is 36.4 Å². The lowest BCUT2D eigenvalue weighted by Gasteiger charge is -2.05. The van der Waals surface area contributed by atoms with Gasteiger partial charge in [0.2, 0.25) is 0 Å². The smallest absolute Gasteiger partial charge is 0.126 e. The highest BCUT2D eigenvalue weighted by molar-refractivity contribution is 5.80. The van der Waals surface area contributed by atoms with Crippen molar-refractivity contribution >= 4 is 11.6 Å². The van der Waals surface area contributed by atoms with E-state index in [2.05, 4.69) is 12.1 Å². The molecular weight excluding hydrogens is 198 g/mol. The Bertz CT molecular complexity index is 443. The van der Waals surface area contributed by atoms with E-state index < -0.39 is 0 Å². The number of hydrogen-bond donors (Lipinski definition) is 1. The van der Waals surface area contributed by atoms with Crippen molar-refractivity contribution in [2.75, 3.05) is 6.54 Å². The Kier molecular flexibility index (Phi) is 3.57. The van der Waals surface area contributed by atoms with Crippen molar-refractivity contribution in [3.63, 3.8) is 0 Å². The summed E-state index contributed by atoms with van der Waals surface area (Å²) in [4.78, 5) is 0. The van der Waals surface area contributed by atoms with Crippen LogP contribution in [0.2, 0.25) is 0 Å². The first-order valence-corrected chi connectivity index (χ1v) is 5.40. The molecule has 0 spiro atoms. The fourth-order valence-electron chi connectivity index (χ4n) is 1.65. The topological polar surface area (TPSA) is 39.2 Å². The number of hydrogen-bond acceptors (Lipinski definition) is 2. The second kappa shape index (κ2) is 5.33. The van der Waals surface area contributed by atoms with E-state index in [1.54, 1.807) is 6.26 Å². The van der Waals surface area contributed by atoms with E-state index in [1.165, 1.54) is 11.1 Å². The molecule has 2 N–H and O–H groups in total. The highest BCUT2D eigenvalue weighted by Gasteiger charge is 2.01. The zero-order valence-corrected chi connectivity index (χ0v) is 9.10. The fraction of sp³-hybridized carbons (Fsp3) is 0.143. The van der Waals surface area contributed by atoms with Crippen LogP contribution in [0, 0.1) is 0 Å². The van der Waals surface area contributed by atoms with Crippen LogP contribution in [0.1, 0.15) is 17.7 Å². The van der Waals surface area contributed by atoms with E-state index >= 15 is 0 Å². The lowest BCUT2D eigenvalue weighted by molar-refractivity contribution is 0.557. The van der Waals surface area contributed by atoms with Gasteiger partial charge in [0.15, 0.2) is 0 Å². The van der Waals surface area contributed by atoms with Crippen LogP contribution in [0.4, 0.5) is 0 Å². The van der Waals surface area contributed by atoms with Gasteiger partial charge in [-0.1, -0.05) is 30.3 Å². The summed E-state index contributed by atoms with van der Waals surface area (Å²) >= 11 is 0. The van der Waals surface area contributed by atoms with Crippen molar-refractivity contribution < 1.29 is 4.42 Å². The predicted octanol–water partition coefficient (Wildman–Crippen LogP) is 3.17. The molecule has 0 fully saturated rings. The predicted molar refractivity (Wildman–Crippen MR) is 66.7 cm³/mol. The van der Waals surface area contributed by atoms with Crippen LogP contribution in [0.15, 0.2) is 53.1 Å². The Morgan fingerprint density at radius 3 is 2.56 bits per heavy atom. The van der Waals surface area contributed by atoms with Crippen molar-refractivity contribution in [2.24, 2.45) is 5.73 Å². The normalized spacial score (nSPS) is 11.7. The monoisotopic (exact) mass is 213 g/mol. The average molecular weight is 213 g/mol. The van der Waals surface area contributed by atoms with Gasteiger partial charge in [0, 0.05) is 0 Å². The third-order valence-electron chi connectivity index (χ3n) is 2.42. The Balaban J connectivity index is 2.31. The SMILES string of the molecule is NCC/C(=C\c1ccco1)c1ccccc1. The molecule has 2 aromatic rings. The Morgan fingerprint density at radius 1 is 1.12 bits per heavy atom. The molecule has 0 unspecified atom stereocenters. The molecule has 2 nitrogen and oxygen atoms in total. The summed E-state index contributed by atoms with van der Waals surface area (Å²) in [5.74, 6) is 0.868. The van der Waals surface area contributed by atoms with Crippen LogP contribution >= 0.6 is 0 Å². The Labute approximate surface area is 95.4 Å². The standard InChI is InChI=1S/C14H15NO/c15-9-8-13(11-14-7-4-10-16-14)12-5-2-1-3-6-12/h1-7,10-11H,8-9,15H2/b13-11+. The second-order valence-corrected chi connectivity index (χ2v) is 3.59. The van der Waals surface area contributed by atoms with Crippen LogP contribution in [-0.2, 0) is 0 Å².